The number of rotatable bonds is 7. The summed E-state index contributed by atoms with van der Waals surface area (Å²) in [4.78, 5) is 37.1. The number of aromatic nitrogens is 2. The van der Waals surface area contributed by atoms with E-state index in [1.807, 2.05) is 80.5 Å². The number of primary amides is 1. The van der Waals surface area contributed by atoms with E-state index in [1.54, 1.807) is 24.1 Å². The van der Waals surface area contributed by atoms with Crippen LogP contribution >= 0.6 is 0 Å². The molecule has 1 heterocycles. The molecule has 1 aromatic heterocycles. The standard InChI is InChI=1S/C27H28N6O2/c1-17(31-26-23-10-6-9-22(25(28)34)24(23)29-16-30-26)19-7-5-8-21(15-19)33(4)27(35)18-11-13-20(14-12-18)32(2)3/h5-17H,1-4H3,(H2,28,34)(H,29,30,31). The highest BCUT2D eigenvalue weighted by Gasteiger charge is 2.17. The minimum Gasteiger partial charge on any atom is -0.378 e. The van der Waals surface area contributed by atoms with Gasteiger partial charge in [-0.1, -0.05) is 18.2 Å². The monoisotopic (exact) mass is 468 g/mol. The van der Waals surface area contributed by atoms with Crippen LogP contribution in [0.2, 0.25) is 0 Å². The smallest absolute Gasteiger partial charge is 0.258 e. The summed E-state index contributed by atoms with van der Waals surface area (Å²) in [7, 11) is 5.69. The third kappa shape index (κ3) is 4.91. The molecule has 2 amide bonds. The molecule has 4 aromatic rings. The van der Waals surface area contributed by atoms with E-state index in [0.717, 1.165) is 16.9 Å². The summed E-state index contributed by atoms with van der Waals surface area (Å²) in [5, 5.41) is 4.11. The highest BCUT2D eigenvalue weighted by molar-refractivity contribution is 6.07. The van der Waals surface area contributed by atoms with Crippen LogP contribution in [0, 0.1) is 0 Å². The summed E-state index contributed by atoms with van der Waals surface area (Å²) in [6, 6.07) is 20.4. The third-order valence-corrected chi connectivity index (χ3v) is 5.98. The molecule has 0 aliphatic carbocycles. The lowest BCUT2D eigenvalue weighted by Gasteiger charge is -2.21. The zero-order valence-electron chi connectivity index (χ0n) is 20.2. The topological polar surface area (TPSA) is 104 Å². The average molecular weight is 469 g/mol. The number of carbonyl (C=O) groups is 2. The van der Waals surface area contributed by atoms with E-state index in [0.29, 0.717) is 27.8 Å². The van der Waals surface area contributed by atoms with Gasteiger partial charge in [-0.25, -0.2) is 9.97 Å². The van der Waals surface area contributed by atoms with Crippen molar-refractivity contribution in [2.45, 2.75) is 13.0 Å². The van der Waals surface area contributed by atoms with Crippen LogP contribution in [0.3, 0.4) is 0 Å². The van der Waals surface area contributed by atoms with Crippen molar-refractivity contribution in [3.63, 3.8) is 0 Å². The van der Waals surface area contributed by atoms with Gasteiger partial charge in [-0.2, -0.15) is 0 Å². The number of benzene rings is 3. The first-order chi connectivity index (χ1) is 16.8. The Morgan fingerprint density at radius 2 is 1.63 bits per heavy atom. The molecule has 8 nitrogen and oxygen atoms in total. The van der Waals surface area contributed by atoms with E-state index in [2.05, 4.69) is 15.3 Å². The fourth-order valence-corrected chi connectivity index (χ4v) is 3.91. The van der Waals surface area contributed by atoms with Crippen molar-refractivity contribution < 1.29 is 9.59 Å². The quantitative estimate of drug-likeness (QED) is 0.420. The second-order valence-corrected chi connectivity index (χ2v) is 8.55. The molecule has 0 aliphatic rings. The van der Waals surface area contributed by atoms with Crippen LogP contribution in [-0.2, 0) is 0 Å². The number of nitrogens with two attached hydrogens (primary N) is 1. The maximum Gasteiger partial charge on any atom is 0.258 e. The zero-order valence-corrected chi connectivity index (χ0v) is 20.2. The molecule has 0 saturated heterocycles. The third-order valence-electron chi connectivity index (χ3n) is 5.98. The first-order valence-electron chi connectivity index (χ1n) is 11.2. The molecule has 178 valence electrons. The van der Waals surface area contributed by atoms with Gasteiger partial charge in [-0.15, -0.1) is 0 Å². The molecule has 1 atom stereocenters. The van der Waals surface area contributed by atoms with Gasteiger partial charge in [-0.05, 0) is 61.0 Å². The Morgan fingerprint density at radius 1 is 0.914 bits per heavy atom. The molecule has 1 unspecified atom stereocenters. The Kier molecular flexibility index (Phi) is 6.64. The summed E-state index contributed by atoms with van der Waals surface area (Å²) < 4.78 is 0. The van der Waals surface area contributed by atoms with E-state index >= 15 is 0 Å². The number of para-hydroxylation sites is 1. The molecular formula is C27H28N6O2. The van der Waals surface area contributed by atoms with Gasteiger partial charge in [-0.3, -0.25) is 9.59 Å². The lowest BCUT2D eigenvalue weighted by Crippen LogP contribution is -2.26. The van der Waals surface area contributed by atoms with Gasteiger partial charge in [0.1, 0.15) is 12.1 Å². The summed E-state index contributed by atoms with van der Waals surface area (Å²) >= 11 is 0. The maximum atomic E-state index is 13.1. The summed E-state index contributed by atoms with van der Waals surface area (Å²) in [5.74, 6) is -0.0275. The van der Waals surface area contributed by atoms with E-state index in [9.17, 15) is 9.59 Å². The minimum absolute atomic E-state index is 0.0890. The minimum atomic E-state index is -0.537. The SMILES string of the molecule is CC(Nc1ncnc2c(C(N)=O)cccc12)c1cccc(N(C)C(=O)c2ccc(N(C)C)cc2)c1. The molecule has 8 heteroatoms. The van der Waals surface area contributed by atoms with Crippen LogP contribution in [0.15, 0.2) is 73.1 Å². The number of hydrogen-bond acceptors (Lipinski definition) is 6. The van der Waals surface area contributed by atoms with Gasteiger partial charge in [0.2, 0.25) is 0 Å². The predicted octanol–water partition coefficient (Wildman–Crippen LogP) is 4.24. The molecule has 0 aliphatic heterocycles. The van der Waals surface area contributed by atoms with Gasteiger partial charge in [0.05, 0.1) is 17.1 Å². The van der Waals surface area contributed by atoms with E-state index < -0.39 is 5.91 Å². The van der Waals surface area contributed by atoms with Crippen molar-refractivity contribution in [3.8, 4) is 0 Å². The molecular weight excluding hydrogens is 440 g/mol. The molecule has 35 heavy (non-hydrogen) atoms. The number of nitrogens with one attached hydrogen (secondary N) is 1. The van der Waals surface area contributed by atoms with Crippen molar-refractivity contribution in [2.75, 3.05) is 36.3 Å². The maximum absolute atomic E-state index is 13.1. The number of fused-ring (bicyclic) bond motifs is 1. The van der Waals surface area contributed by atoms with Crippen molar-refractivity contribution in [2.24, 2.45) is 5.73 Å². The highest BCUT2D eigenvalue weighted by Crippen LogP contribution is 2.28. The van der Waals surface area contributed by atoms with Gasteiger partial charge in [0.25, 0.3) is 11.8 Å². The average Bonchev–Trinajstić information content (AvgIpc) is 2.87. The fourth-order valence-electron chi connectivity index (χ4n) is 3.91. The lowest BCUT2D eigenvalue weighted by molar-refractivity contribution is 0.0988. The second-order valence-electron chi connectivity index (χ2n) is 8.55. The molecule has 0 radical (unpaired) electrons. The molecule has 0 bridgehead atoms. The summed E-state index contributed by atoms with van der Waals surface area (Å²) in [6.45, 7) is 2.01. The van der Waals surface area contributed by atoms with Crippen LogP contribution in [0.4, 0.5) is 17.2 Å². The zero-order chi connectivity index (χ0) is 25.1. The van der Waals surface area contributed by atoms with E-state index in [-0.39, 0.29) is 11.9 Å². The van der Waals surface area contributed by atoms with Gasteiger partial charge in [0, 0.05) is 43.5 Å². The van der Waals surface area contributed by atoms with Crippen LogP contribution in [0.1, 0.15) is 39.2 Å². The summed E-state index contributed by atoms with van der Waals surface area (Å²) in [5.41, 5.74) is 9.76. The highest BCUT2D eigenvalue weighted by atomic mass is 16.2. The normalized spacial score (nSPS) is 11.7. The summed E-state index contributed by atoms with van der Waals surface area (Å²) in [6.07, 6.45) is 1.41. The van der Waals surface area contributed by atoms with Crippen molar-refractivity contribution in [1.82, 2.24) is 9.97 Å². The Balaban J connectivity index is 1.56. The van der Waals surface area contributed by atoms with Crippen molar-refractivity contribution in [1.29, 1.82) is 0 Å². The van der Waals surface area contributed by atoms with Crippen molar-refractivity contribution in [3.05, 3.63) is 89.7 Å². The molecule has 3 aromatic carbocycles. The number of carbonyl (C=O) groups excluding carboxylic acids is 2. The second kappa shape index (κ2) is 9.80. The Morgan fingerprint density at radius 3 is 2.31 bits per heavy atom. The van der Waals surface area contributed by atoms with E-state index in [1.165, 1.54) is 6.33 Å². The van der Waals surface area contributed by atoms with Crippen LogP contribution < -0.4 is 20.9 Å². The number of amides is 2. The van der Waals surface area contributed by atoms with Gasteiger partial charge in [0.15, 0.2) is 0 Å². The number of nitrogens with zero attached hydrogens (tertiary/aromatic N) is 4. The van der Waals surface area contributed by atoms with E-state index in [4.69, 9.17) is 5.73 Å². The van der Waals surface area contributed by atoms with Crippen LogP contribution in [0.5, 0.6) is 0 Å². The fraction of sp³-hybridized carbons (Fsp3) is 0.185. The Bertz CT molecular complexity index is 1380. The molecule has 4 rings (SSSR count). The van der Waals surface area contributed by atoms with Gasteiger partial charge < -0.3 is 20.9 Å². The predicted molar refractivity (Wildman–Crippen MR) is 140 cm³/mol. The molecule has 0 spiro atoms. The van der Waals surface area contributed by atoms with Crippen molar-refractivity contribution >= 4 is 39.9 Å². The number of anilines is 3. The van der Waals surface area contributed by atoms with Gasteiger partial charge >= 0.3 is 0 Å². The van der Waals surface area contributed by atoms with Crippen LogP contribution in [-0.4, -0.2) is 42.9 Å². The molecule has 0 saturated carbocycles. The lowest BCUT2D eigenvalue weighted by atomic mass is 10.1. The largest absolute Gasteiger partial charge is 0.378 e. The molecule has 0 fully saturated rings. The number of hydrogen-bond donors (Lipinski definition) is 2. The Labute approximate surface area is 204 Å². The Hall–Kier alpha value is -4.46. The first-order valence-corrected chi connectivity index (χ1v) is 11.2. The van der Waals surface area contributed by atoms with Crippen LogP contribution in [0.25, 0.3) is 10.9 Å². The molecule has 3 N–H and O–H groups in total. The first kappa shape index (κ1) is 23.7.